The zero-order chi connectivity index (χ0) is 14.4. The third-order valence-electron chi connectivity index (χ3n) is 2.56. The van der Waals surface area contributed by atoms with E-state index in [-0.39, 0.29) is 12.5 Å². The van der Waals surface area contributed by atoms with E-state index >= 15 is 0 Å². The minimum Gasteiger partial charge on any atom is -0.320 e. The van der Waals surface area contributed by atoms with Gasteiger partial charge in [0.2, 0.25) is 0 Å². The summed E-state index contributed by atoms with van der Waals surface area (Å²) in [7, 11) is 0. The summed E-state index contributed by atoms with van der Waals surface area (Å²) in [6.07, 6.45) is 3.17. The number of pyridine rings is 2. The van der Waals surface area contributed by atoms with Gasteiger partial charge in [-0.2, -0.15) is 0 Å². The third kappa shape index (κ3) is 3.40. The first kappa shape index (κ1) is 13.7. The van der Waals surface area contributed by atoms with Crippen molar-refractivity contribution in [2.24, 2.45) is 5.73 Å². The fraction of sp³-hybridized carbons (Fsp3) is 0.133. The molecule has 5 nitrogen and oxygen atoms in total. The Morgan fingerprint density at radius 3 is 2.95 bits per heavy atom. The quantitative estimate of drug-likeness (QED) is 0.804. The van der Waals surface area contributed by atoms with Crippen LogP contribution in [0.2, 0.25) is 0 Å². The molecule has 3 N–H and O–H groups in total. The minimum absolute atomic E-state index is 0.289. The SMILES string of the molecule is Cc1cccnc1C(=O)Nc1cc(C#CCN)ccn1. The van der Waals surface area contributed by atoms with Gasteiger partial charge in [-0.05, 0) is 30.7 Å². The van der Waals surface area contributed by atoms with E-state index in [9.17, 15) is 4.79 Å². The van der Waals surface area contributed by atoms with Crippen LogP contribution in [0, 0.1) is 18.8 Å². The summed E-state index contributed by atoms with van der Waals surface area (Å²) in [5, 5.41) is 2.70. The predicted molar refractivity (Wildman–Crippen MR) is 77.1 cm³/mol. The molecule has 0 atom stereocenters. The number of hydrogen-bond donors (Lipinski definition) is 2. The number of anilines is 1. The van der Waals surface area contributed by atoms with Crippen molar-refractivity contribution in [1.82, 2.24) is 9.97 Å². The highest BCUT2D eigenvalue weighted by molar-refractivity contribution is 6.03. The number of nitrogens with zero attached hydrogens (tertiary/aromatic N) is 2. The Bertz CT molecular complexity index is 686. The zero-order valence-corrected chi connectivity index (χ0v) is 11.1. The fourth-order valence-corrected chi connectivity index (χ4v) is 1.63. The molecule has 0 aromatic carbocycles. The third-order valence-corrected chi connectivity index (χ3v) is 2.56. The van der Waals surface area contributed by atoms with E-state index in [4.69, 9.17) is 5.73 Å². The number of carbonyl (C=O) groups is 1. The van der Waals surface area contributed by atoms with Crippen LogP contribution < -0.4 is 11.1 Å². The molecular formula is C15H14N4O. The normalized spacial score (nSPS) is 9.50. The maximum Gasteiger partial charge on any atom is 0.275 e. The molecule has 2 aromatic heterocycles. The van der Waals surface area contributed by atoms with Crippen LogP contribution in [0.5, 0.6) is 0 Å². The molecule has 0 aliphatic rings. The second kappa shape index (κ2) is 6.45. The lowest BCUT2D eigenvalue weighted by atomic mass is 10.2. The van der Waals surface area contributed by atoms with Crippen LogP contribution >= 0.6 is 0 Å². The molecule has 0 unspecified atom stereocenters. The molecule has 20 heavy (non-hydrogen) atoms. The Hall–Kier alpha value is -2.71. The molecule has 2 aromatic rings. The van der Waals surface area contributed by atoms with Crippen LogP contribution in [-0.4, -0.2) is 22.4 Å². The number of carbonyl (C=O) groups excluding carboxylic acids is 1. The molecule has 0 saturated heterocycles. The second-order valence-electron chi connectivity index (χ2n) is 4.06. The maximum absolute atomic E-state index is 12.1. The van der Waals surface area contributed by atoms with Gasteiger partial charge < -0.3 is 11.1 Å². The number of rotatable bonds is 2. The van der Waals surface area contributed by atoms with Crippen LogP contribution in [0.3, 0.4) is 0 Å². The Morgan fingerprint density at radius 2 is 2.20 bits per heavy atom. The van der Waals surface area contributed by atoms with E-state index in [0.717, 1.165) is 11.1 Å². The first-order valence-corrected chi connectivity index (χ1v) is 6.08. The molecule has 0 saturated carbocycles. The number of aryl methyl sites for hydroxylation is 1. The molecule has 0 bridgehead atoms. The number of hydrogen-bond acceptors (Lipinski definition) is 4. The molecule has 0 spiro atoms. The van der Waals surface area contributed by atoms with Gasteiger partial charge in [-0.25, -0.2) is 4.98 Å². The number of amides is 1. The lowest BCUT2D eigenvalue weighted by molar-refractivity contribution is 0.102. The highest BCUT2D eigenvalue weighted by atomic mass is 16.1. The first-order chi connectivity index (χ1) is 9.70. The van der Waals surface area contributed by atoms with Gasteiger partial charge in [-0.15, -0.1) is 0 Å². The van der Waals surface area contributed by atoms with Crippen molar-refractivity contribution in [3.05, 3.63) is 53.5 Å². The Morgan fingerprint density at radius 1 is 1.35 bits per heavy atom. The van der Waals surface area contributed by atoms with Gasteiger partial charge >= 0.3 is 0 Å². The van der Waals surface area contributed by atoms with Gasteiger partial charge in [0.25, 0.3) is 5.91 Å². The Kier molecular flexibility index (Phi) is 4.43. The number of nitrogens with two attached hydrogens (primary N) is 1. The molecule has 100 valence electrons. The summed E-state index contributed by atoms with van der Waals surface area (Å²) in [5.41, 5.74) is 7.26. The zero-order valence-electron chi connectivity index (χ0n) is 11.1. The van der Waals surface area contributed by atoms with Crippen molar-refractivity contribution < 1.29 is 4.79 Å². The van der Waals surface area contributed by atoms with Crippen LogP contribution in [-0.2, 0) is 0 Å². The van der Waals surface area contributed by atoms with Crippen LogP contribution in [0.25, 0.3) is 0 Å². The van der Waals surface area contributed by atoms with Crippen molar-refractivity contribution in [1.29, 1.82) is 0 Å². The molecule has 2 rings (SSSR count). The minimum atomic E-state index is -0.292. The van der Waals surface area contributed by atoms with Gasteiger partial charge in [-0.3, -0.25) is 9.78 Å². The van der Waals surface area contributed by atoms with Crippen molar-refractivity contribution in [3.63, 3.8) is 0 Å². The summed E-state index contributed by atoms with van der Waals surface area (Å²) in [6.45, 7) is 2.12. The van der Waals surface area contributed by atoms with E-state index in [1.807, 2.05) is 13.0 Å². The smallest absolute Gasteiger partial charge is 0.275 e. The van der Waals surface area contributed by atoms with Crippen LogP contribution in [0.4, 0.5) is 5.82 Å². The van der Waals surface area contributed by atoms with Crippen molar-refractivity contribution >= 4 is 11.7 Å². The van der Waals surface area contributed by atoms with E-state index in [1.165, 1.54) is 0 Å². The van der Waals surface area contributed by atoms with E-state index < -0.39 is 0 Å². The monoisotopic (exact) mass is 266 g/mol. The molecule has 2 heterocycles. The molecule has 0 fully saturated rings. The predicted octanol–water partition coefficient (Wildman–Crippen LogP) is 1.35. The Labute approximate surface area is 117 Å². The Balaban J connectivity index is 2.18. The average Bonchev–Trinajstić information content (AvgIpc) is 2.46. The van der Waals surface area contributed by atoms with Crippen molar-refractivity contribution in [2.45, 2.75) is 6.92 Å². The summed E-state index contributed by atoms with van der Waals surface area (Å²) < 4.78 is 0. The molecule has 0 aliphatic heterocycles. The van der Waals surface area contributed by atoms with Gasteiger partial charge in [0.1, 0.15) is 11.5 Å². The molecular weight excluding hydrogens is 252 g/mol. The highest BCUT2D eigenvalue weighted by Crippen LogP contribution is 2.09. The van der Waals surface area contributed by atoms with E-state index in [2.05, 4.69) is 27.1 Å². The second-order valence-corrected chi connectivity index (χ2v) is 4.06. The van der Waals surface area contributed by atoms with Crippen LogP contribution in [0.1, 0.15) is 21.6 Å². The topological polar surface area (TPSA) is 80.9 Å². The first-order valence-electron chi connectivity index (χ1n) is 6.08. The van der Waals surface area contributed by atoms with Gasteiger partial charge in [0.15, 0.2) is 0 Å². The van der Waals surface area contributed by atoms with Crippen molar-refractivity contribution in [3.8, 4) is 11.8 Å². The molecule has 1 amide bonds. The lowest BCUT2D eigenvalue weighted by Gasteiger charge is -2.06. The number of nitrogens with one attached hydrogen (secondary N) is 1. The molecule has 5 heteroatoms. The summed E-state index contributed by atoms with van der Waals surface area (Å²) in [6, 6.07) is 7.06. The summed E-state index contributed by atoms with van der Waals surface area (Å²) in [5.74, 6) is 5.78. The molecule has 0 radical (unpaired) electrons. The van der Waals surface area contributed by atoms with Crippen LogP contribution in [0.15, 0.2) is 36.7 Å². The summed E-state index contributed by atoms with van der Waals surface area (Å²) in [4.78, 5) is 20.2. The summed E-state index contributed by atoms with van der Waals surface area (Å²) >= 11 is 0. The fourth-order valence-electron chi connectivity index (χ4n) is 1.63. The standard InChI is InChI=1S/C15H14N4O/c1-11-4-3-8-18-14(11)15(20)19-13-10-12(5-2-7-16)6-9-17-13/h3-4,6,8-10H,7,16H2,1H3,(H,17,19,20). The average molecular weight is 266 g/mol. The van der Waals surface area contributed by atoms with Gasteiger partial charge in [-0.1, -0.05) is 17.9 Å². The van der Waals surface area contributed by atoms with Crippen molar-refractivity contribution in [2.75, 3.05) is 11.9 Å². The van der Waals surface area contributed by atoms with E-state index in [0.29, 0.717) is 11.5 Å². The highest BCUT2D eigenvalue weighted by Gasteiger charge is 2.10. The molecule has 0 aliphatic carbocycles. The maximum atomic E-state index is 12.1. The van der Waals surface area contributed by atoms with Gasteiger partial charge in [0, 0.05) is 18.0 Å². The lowest BCUT2D eigenvalue weighted by Crippen LogP contribution is -2.15. The largest absolute Gasteiger partial charge is 0.320 e. The van der Waals surface area contributed by atoms with E-state index in [1.54, 1.807) is 30.6 Å². The number of aromatic nitrogens is 2. The van der Waals surface area contributed by atoms with Gasteiger partial charge in [0.05, 0.1) is 6.54 Å².